The first kappa shape index (κ1) is 27.0. The van der Waals surface area contributed by atoms with Gasteiger partial charge in [-0.15, -0.1) is 0 Å². The Labute approximate surface area is 222 Å². The molecule has 0 atom stereocenters. The maximum Gasteiger partial charge on any atom is 0.252 e. The van der Waals surface area contributed by atoms with E-state index in [-0.39, 0.29) is 17.6 Å². The zero-order chi connectivity index (χ0) is 26.8. The normalized spacial score (nSPS) is 14.3. The lowest BCUT2D eigenvalue weighted by Crippen LogP contribution is -2.60. The molecule has 4 rings (SSSR count). The average Bonchev–Trinajstić information content (AvgIpc) is 2.96. The van der Waals surface area contributed by atoms with Crippen LogP contribution in [0.25, 0.3) is 0 Å². The number of carbonyl (C=O) groups excluding carboxylic acids is 2. The molecule has 0 aliphatic heterocycles. The van der Waals surface area contributed by atoms with Gasteiger partial charge in [-0.05, 0) is 79.1 Å². The van der Waals surface area contributed by atoms with E-state index in [2.05, 4.69) is 16.0 Å². The summed E-state index contributed by atoms with van der Waals surface area (Å²) < 4.78 is 23.9. The van der Waals surface area contributed by atoms with Crippen molar-refractivity contribution in [3.05, 3.63) is 89.7 Å². The van der Waals surface area contributed by atoms with Crippen LogP contribution in [0.15, 0.2) is 72.8 Å². The summed E-state index contributed by atoms with van der Waals surface area (Å²) in [6.07, 6.45) is 4.08. The molecule has 0 heterocycles. The number of ether oxygens (including phenoxy) is 2. The van der Waals surface area contributed by atoms with Crippen LogP contribution in [0.2, 0.25) is 0 Å². The summed E-state index contributed by atoms with van der Waals surface area (Å²) in [5.74, 6) is 0.703. The third-order valence-electron chi connectivity index (χ3n) is 6.76. The number of carbonyl (C=O) groups is 2. The van der Waals surface area contributed by atoms with Gasteiger partial charge in [-0.2, -0.15) is 0 Å². The van der Waals surface area contributed by atoms with Crippen LogP contribution in [-0.2, 0) is 11.4 Å². The van der Waals surface area contributed by atoms with Crippen LogP contribution < -0.4 is 25.4 Å². The molecule has 3 N–H and O–H groups in total. The van der Waals surface area contributed by atoms with Crippen LogP contribution >= 0.6 is 0 Å². The summed E-state index contributed by atoms with van der Waals surface area (Å²) in [6.45, 7) is 1.31. The van der Waals surface area contributed by atoms with Crippen molar-refractivity contribution in [3.63, 3.8) is 0 Å². The molecule has 2 amide bonds. The lowest BCUT2D eigenvalue weighted by Gasteiger charge is -2.36. The second-order valence-electron chi connectivity index (χ2n) is 9.45. The van der Waals surface area contributed by atoms with Crippen LogP contribution in [-0.4, -0.2) is 37.6 Å². The molecule has 0 unspecified atom stereocenters. The minimum atomic E-state index is -0.904. The molecule has 8 heteroatoms. The highest BCUT2D eigenvalue weighted by Crippen LogP contribution is 2.29. The largest absolute Gasteiger partial charge is 0.497 e. The number of hydrogen-bond acceptors (Lipinski definition) is 5. The van der Waals surface area contributed by atoms with E-state index in [0.29, 0.717) is 49.6 Å². The molecule has 3 aromatic rings. The number of rotatable bonds is 11. The second-order valence-corrected chi connectivity index (χ2v) is 9.45. The Balaban J connectivity index is 1.24. The van der Waals surface area contributed by atoms with Gasteiger partial charge in [-0.3, -0.25) is 9.59 Å². The van der Waals surface area contributed by atoms with E-state index in [1.54, 1.807) is 43.5 Å². The number of halogens is 1. The Bertz CT molecular complexity index is 1190. The van der Waals surface area contributed by atoms with Crippen LogP contribution in [0.1, 0.15) is 48.0 Å². The minimum absolute atomic E-state index is 0.148. The molecule has 7 nitrogen and oxygen atoms in total. The van der Waals surface area contributed by atoms with Gasteiger partial charge in [-0.1, -0.05) is 31.4 Å². The smallest absolute Gasteiger partial charge is 0.252 e. The summed E-state index contributed by atoms with van der Waals surface area (Å²) in [5, 5.41) is 9.33. The van der Waals surface area contributed by atoms with Crippen molar-refractivity contribution in [2.45, 2.75) is 44.2 Å². The molecule has 0 spiro atoms. The highest BCUT2D eigenvalue weighted by molar-refractivity contribution is 5.99. The van der Waals surface area contributed by atoms with Crippen molar-refractivity contribution < 1.29 is 23.5 Å². The van der Waals surface area contributed by atoms with Crippen molar-refractivity contribution in [1.29, 1.82) is 0 Å². The topological polar surface area (TPSA) is 88.7 Å². The fourth-order valence-corrected chi connectivity index (χ4v) is 4.56. The summed E-state index contributed by atoms with van der Waals surface area (Å²) in [7, 11) is 1.58. The van der Waals surface area contributed by atoms with Crippen molar-refractivity contribution in [2.24, 2.45) is 0 Å². The zero-order valence-corrected chi connectivity index (χ0v) is 21.6. The van der Waals surface area contributed by atoms with Gasteiger partial charge in [0.1, 0.15) is 29.5 Å². The molecular weight excluding hydrogens is 485 g/mol. The lowest BCUT2D eigenvalue weighted by molar-refractivity contribution is -0.128. The first-order valence-corrected chi connectivity index (χ1v) is 12.9. The number of nitrogens with one attached hydrogen (secondary N) is 3. The van der Waals surface area contributed by atoms with Crippen LogP contribution in [0, 0.1) is 5.82 Å². The van der Waals surface area contributed by atoms with E-state index < -0.39 is 5.54 Å². The number of anilines is 1. The van der Waals surface area contributed by atoms with Crippen molar-refractivity contribution >= 4 is 17.5 Å². The van der Waals surface area contributed by atoms with Gasteiger partial charge in [0, 0.05) is 24.3 Å². The molecule has 1 fully saturated rings. The molecule has 0 saturated heterocycles. The maximum atomic E-state index is 13.2. The highest BCUT2D eigenvalue weighted by atomic mass is 19.1. The Kier molecular flexibility index (Phi) is 9.19. The monoisotopic (exact) mass is 519 g/mol. The molecule has 0 bridgehead atoms. The molecule has 1 aliphatic carbocycles. The highest BCUT2D eigenvalue weighted by Gasteiger charge is 2.40. The molecule has 3 aromatic carbocycles. The SMILES string of the molecule is COc1ccc(C(=O)NC2(C(=O)NCCNc3ccc(OCc4ccc(F)cc4)cc3)CCCCC2)cc1. The standard InChI is InChI=1S/C30H34FN3O4/c1-37-26-13-7-23(8-14-26)28(35)34-30(17-3-2-4-18-30)29(36)33-20-19-32-25-11-15-27(16-12-25)38-21-22-5-9-24(31)10-6-22/h5-16,32H,2-4,17-21H2,1H3,(H,33,36)(H,34,35). The molecular formula is C30H34FN3O4. The van der Waals surface area contributed by atoms with E-state index in [9.17, 15) is 14.0 Å². The summed E-state index contributed by atoms with van der Waals surface area (Å²) in [4.78, 5) is 26.2. The van der Waals surface area contributed by atoms with Crippen LogP contribution in [0.5, 0.6) is 11.5 Å². The van der Waals surface area contributed by atoms with Gasteiger partial charge in [0.05, 0.1) is 7.11 Å². The average molecular weight is 520 g/mol. The first-order chi connectivity index (χ1) is 18.5. The third kappa shape index (κ3) is 7.25. The maximum absolute atomic E-state index is 13.2. The number of methoxy groups -OCH3 is 1. The van der Waals surface area contributed by atoms with E-state index in [1.165, 1.54) is 12.1 Å². The predicted octanol–water partition coefficient (Wildman–Crippen LogP) is 5.07. The summed E-state index contributed by atoms with van der Waals surface area (Å²) in [6, 6.07) is 20.6. The summed E-state index contributed by atoms with van der Waals surface area (Å²) >= 11 is 0. The van der Waals surface area contributed by atoms with Gasteiger partial charge in [0.25, 0.3) is 5.91 Å². The molecule has 0 aromatic heterocycles. The number of benzene rings is 3. The van der Waals surface area contributed by atoms with E-state index in [4.69, 9.17) is 9.47 Å². The Hall–Kier alpha value is -4.07. The number of amides is 2. The molecule has 1 saturated carbocycles. The second kappa shape index (κ2) is 12.9. The molecule has 200 valence electrons. The Morgan fingerprint density at radius 2 is 1.50 bits per heavy atom. The lowest BCUT2D eigenvalue weighted by atomic mass is 9.80. The fourth-order valence-electron chi connectivity index (χ4n) is 4.56. The van der Waals surface area contributed by atoms with Crippen LogP contribution in [0.4, 0.5) is 10.1 Å². The van der Waals surface area contributed by atoms with Crippen LogP contribution in [0.3, 0.4) is 0 Å². The van der Waals surface area contributed by atoms with E-state index in [0.717, 1.165) is 30.5 Å². The van der Waals surface area contributed by atoms with Gasteiger partial charge >= 0.3 is 0 Å². The molecule has 38 heavy (non-hydrogen) atoms. The zero-order valence-electron chi connectivity index (χ0n) is 21.6. The van der Waals surface area contributed by atoms with Gasteiger partial charge in [-0.25, -0.2) is 4.39 Å². The van der Waals surface area contributed by atoms with Gasteiger partial charge in [0.15, 0.2) is 0 Å². The quantitative estimate of drug-likeness (QED) is 0.308. The van der Waals surface area contributed by atoms with E-state index in [1.807, 2.05) is 24.3 Å². The minimum Gasteiger partial charge on any atom is -0.497 e. The number of hydrogen-bond donors (Lipinski definition) is 3. The first-order valence-electron chi connectivity index (χ1n) is 12.9. The Morgan fingerprint density at radius 1 is 0.842 bits per heavy atom. The van der Waals surface area contributed by atoms with Crippen molar-refractivity contribution in [1.82, 2.24) is 10.6 Å². The third-order valence-corrected chi connectivity index (χ3v) is 6.76. The van der Waals surface area contributed by atoms with Crippen molar-refractivity contribution in [2.75, 3.05) is 25.5 Å². The molecule has 0 radical (unpaired) electrons. The molecule has 1 aliphatic rings. The van der Waals surface area contributed by atoms with Gasteiger partial charge < -0.3 is 25.4 Å². The van der Waals surface area contributed by atoms with E-state index >= 15 is 0 Å². The van der Waals surface area contributed by atoms with Gasteiger partial charge in [0.2, 0.25) is 5.91 Å². The fraction of sp³-hybridized carbons (Fsp3) is 0.333. The van der Waals surface area contributed by atoms with Crippen molar-refractivity contribution in [3.8, 4) is 11.5 Å². The summed E-state index contributed by atoms with van der Waals surface area (Å²) in [5.41, 5.74) is 1.38. The predicted molar refractivity (Wildman–Crippen MR) is 145 cm³/mol. The Morgan fingerprint density at radius 3 is 2.16 bits per heavy atom.